The molecule has 4 rings (SSSR count). The number of benzene rings is 1. The van der Waals surface area contributed by atoms with Gasteiger partial charge in [0.1, 0.15) is 0 Å². The Morgan fingerprint density at radius 3 is 2.72 bits per heavy atom. The fourth-order valence-corrected chi connectivity index (χ4v) is 5.23. The highest BCUT2D eigenvalue weighted by atomic mass is 35.5. The van der Waals surface area contributed by atoms with Gasteiger partial charge in [-0.2, -0.15) is 0 Å². The first-order valence-corrected chi connectivity index (χ1v) is 10.9. The Bertz CT molecular complexity index is 849. The number of nitrogens with zero attached hydrogens (tertiary/aromatic N) is 2. The molecule has 6 nitrogen and oxygen atoms in total. The molecule has 154 valence electrons. The van der Waals surface area contributed by atoms with Crippen molar-refractivity contribution in [3.8, 4) is 0 Å². The fraction of sp³-hybridized carbons (Fsp3) is 0.429. The Labute approximate surface area is 179 Å². The Morgan fingerprint density at radius 1 is 1.28 bits per heavy atom. The van der Waals surface area contributed by atoms with Crippen LogP contribution in [-0.2, 0) is 20.9 Å². The largest absolute Gasteiger partial charge is 0.379 e. The smallest absolute Gasteiger partial charge is 0.256 e. The van der Waals surface area contributed by atoms with E-state index in [1.807, 2.05) is 30.2 Å². The number of morpholine rings is 1. The number of fused-ring (bicyclic) bond motifs is 1. The van der Waals surface area contributed by atoms with Gasteiger partial charge in [-0.1, -0.05) is 29.8 Å². The van der Waals surface area contributed by atoms with Gasteiger partial charge in [0, 0.05) is 44.4 Å². The fourth-order valence-electron chi connectivity index (χ4n) is 3.73. The lowest BCUT2D eigenvalue weighted by molar-refractivity contribution is -0.125. The van der Waals surface area contributed by atoms with Crippen LogP contribution in [0.4, 0.5) is 0 Å². The lowest BCUT2D eigenvalue weighted by Crippen LogP contribution is -2.42. The molecular weight excluding hydrogens is 410 g/mol. The van der Waals surface area contributed by atoms with Crippen LogP contribution in [0.3, 0.4) is 0 Å². The zero-order valence-electron chi connectivity index (χ0n) is 16.3. The zero-order chi connectivity index (χ0) is 20.4. The Hall–Kier alpha value is -1.80. The van der Waals surface area contributed by atoms with Crippen molar-refractivity contribution in [2.75, 3.05) is 39.9 Å². The van der Waals surface area contributed by atoms with Gasteiger partial charge in [-0.05, 0) is 22.6 Å². The molecular formula is C21H24ClN3O3S. The molecule has 8 heteroatoms. The van der Waals surface area contributed by atoms with Crippen LogP contribution in [0.1, 0.15) is 5.56 Å². The van der Waals surface area contributed by atoms with Gasteiger partial charge < -0.3 is 15.0 Å². The molecule has 0 radical (unpaired) electrons. The van der Waals surface area contributed by atoms with Gasteiger partial charge in [0.15, 0.2) is 5.78 Å². The number of ketones is 1. The van der Waals surface area contributed by atoms with E-state index in [0.29, 0.717) is 11.6 Å². The number of rotatable bonds is 5. The number of amides is 1. The highest BCUT2D eigenvalue weighted by Crippen LogP contribution is 2.42. The summed E-state index contributed by atoms with van der Waals surface area (Å²) >= 11 is 7.61. The van der Waals surface area contributed by atoms with Crippen molar-refractivity contribution < 1.29 is 14.3 Å². The van der Waals surface area contributed by atoms with E-state index in [-0.39, 0.29) is 28.6 Å². The van der Waals surface area contributed by atoms with E-state index in [1.54, 1.807) is 30.1 Å². The van der Waals surface area contributed by atoms with E-state index < -0.39 is 0 Å². The molecule has 1 aromatic carbocycles. The summed E-state index contributed by atoms with van der Waals surface area (Å²) in [7, 11) is 1.93. The van der Waals surface area contributed by atoms with Gasteiger partial charge in [-0.15, -0.1) is 11.8 Å². The molecule has 0 spiro atoms. The molecule has 2 atom stereocenters. The molecule has 1 fully saturated rings. The Balaban J connectivity index is 1.40. The number of carbonyl (C=O) groups excluding carboxylic acids is 2. The van der Waals surface area contributed by atoms with Crippen LogP contribution in [-0.4, -0.2) is 66.8 Å². The molecule has 0 saturated carbocycles. The minimum atomic E-state index is -0.338. The third-order valence-electron chi connectivity index (χ3n) is 5.34. The van der Waals surface area contributed by atoms with Crippen molar-refractivity contribution >= 4 is 35.1 Å². The minimum absolute atomic E-state index is 0.0198. The number of nitrogens with one attached hydrogen (secondary N) is 1. The van der Waals surface area contributed by atoms with Gasteiger partial charge >= 0.3 is 0 Å². The molecule has 0 bridgehead atoms. The maximum absolute atomic E-state index is 13.0. The van der Waals surface area contributed by atoms with Crippen molar-refractivity contribution in [3.63, 3.8) is 0 Å². The highest BCUT2D eigenvalue weighted by molar-refractivity contribution is 8.04. The summed E-state index contributed by atoms with van der Waals surface area (Å²) in [5.74, 6) is -0.733. The Kier molecular flexibility index (Phi) is 6.29. The van der Waals surface area contributed by atoms with Gasteiger partial charge in [-0.25, -0.2) is 0 Å². The quantitative estimate of drug-likeness (QED) is 0.719. The minimum Gasteiger partial charge on any atom is -0.379 e. The van der Waals surface area contributed by atoms with Crippen molar-refractivity contribution in [2.45, 2.75) is 11.9 Å². The first-order chi connectivity index (χ1) is 14.0. The van der Waals surface area contributed by atoms with Gasteiger partial charge in [0.25, 0.3) is 5.91 Å². The summed E-state index contributed by atoms with van der Waals surface area (Å²) in [5, 5.41) is 3.52. The zero-order valence-corrected chi connectivity index (χ0v) is 17.8. The SMILES string of the molecule is CN1C=C(C(=O)NCc2ccc(Cl)cc2)C(=O)C2C=C(CN3CCOCC3)SC21. The summed E-state index contributed by atoms with van der Waals surface area (Å²) in [4.78, 5) is 31.2. The van der Waals surface area contributed by atoms with Crippen molar-refractivity contribution in [3.05, 3.63) is 57.6 Å². The maximum atomic E-state index is 13.0. The van der Waals surface area contributed by atoms with E-state index in [9.17, 15) is 9.59 Å². The molecule has 3 aliphatic rings. The molecule has 1 amide bonds. The second kappa shape index (κ2) is 8.92. The lowest BCUT2D eigenvalue weighted by atomic mass is 9.93. The molecule has 3 heterocycles. The van der Waals surface area contributed by atoms with Crippen molar-refractivity contribution in [1.29, 1.82) is 0 Å². The van der Waals surface area contributed by atoms with E-state index in [0.717, 1.165) is 38.4 Å². The van der Waals surface area contributed by atoms with Gasteiger partial charge in [0.2, 0.25) is 0 Å². The molecule has 0 aliphatic carbocycles. The van der Waals surface area contributed by atoms with Crippen LogP contribution < -0.4 is 5.32 Å². The first kappa shape index (κ1) is 20.5. The predicted molar refractivity (Wildman–Crippen MR) is 114 cm³/mol. The van der Waals surface area contributed by atoms with E-state index in [1.165, 1.54) is 4.91 Å². The Morgan fingerprint density at radius 2 is 2.00 bits per heavy atom. The molecule has 1 saturated heterocycles. The van der Waals surface area contributed by atoms with Crippen molar-refractivity contribution in [1.82, 2.24) is 15.1 Å². The molecule has 1 aromatic rings. The normalized spacial score (nSPS) is 24.8. The van der Waals surface area contributed by atoms with E-state index in [4.69, 9.17) is 16.3 Å². The van der Waals surface area contributed by atoms with Crippen LogP contribution in [0, 0.1) is 5.92 Å². The summed E-state index contributed by atoms with van der Waals surface area (Å²) in [6.07, 6.45) is 3.72. The number of thioether (sulfide) groups is 1. The van der Waals surface area contributed by atoms with Gasteiger partial charge in [0.05, 0.1) is 30.1 Å². The molecule has 1 N–H and O–H groups in total. The molecule has 0 aromatic heterocycles. The van der Waals surface area contributed by atoms with Gasteiger partial charge in [-0.3, -0.25) is 14.5 Å². The summed E-state index contributed by atoms with van der Waals surface area (Å²) in [6.45, 7) is 4.51. The predicted octanol–water partition coefficient (Wildman–Crippen LogP) is 2.26. The van der Waals surface area contributed by atoms with Crippen LogP contribution in [0.15, 0.2) is 47.0 Å². The standard InChI is InChI=1S/C21H24ClN3O3S/c1-24-13-18(20(27)23-11-14-2-4-15(22)5-3-14)19(26)17-10-16(29-21(17)24)12-25-6-8-28-9-7-25/h2-5,10,13,17,21H,6-9,11-12H2,1H3,(H,23,27). The number of hydrogen-bond acceptors (Lipinski definition) is 6. The number of halogens is 1. The van der Waals surface area contributed by atoms with Crippen LogP contribution >= 0.6 is 23.4 Å². The van der Waals surface area contributed by atoms with Crippen LogP contribution in [0.2, 0.25) is 5.02 Å². The number of carbonyl (C=O) groups is 2. The van der Waals surface area contributed by atoms with E-state index >= 15 is 0 Å². The van der Waals surface area contributed by atoms with Crippen LogP contribution in [0.25, 0.3) is 0 Å². The lowest BCUT2D eigenvalue weighted by Gasteiger charge is -2.32. The first-order valence-electron chi connectivity index (χ1n) is 9.69. The summed E-state index contributed by atoms with van der Waals surface area (Å²) in [5.41, 5.74) is 1.15. The third kappa shape index (κ3) is 4.69. The summed E-state index contributed by atoms with van der Waals surface area (Å²) in [6, 6.07) is 7.28. The van der Waals surface area contributed by atoms with Crippen LogP contribution in [0.5, 0.6) is 0 Å². The van der Waals surface area contributed by atoms with Crippen molar-refractivity contribution in [2.24, 2.45) is 5.92 Å². The second-order valence-electron chi connectivity index (χ2n) is 7.44. The third-order valence-corrected chi connectivity index (χ3v) is 7.03. The average molecular weight is 434 g/mol. The number of Topliss-reactive ketones (excluding diaryl/α,β-unsaturated/α-hetero) is 1. The summed E-state index contributed by atoms with van der Waals surface area (Å²) < 4.78 is 5.40. The molecule has 2 unspecified atom stereocenters. The number of hydrogen-bond donors (Lipinski definition) is 1. The molecule has 29 heavy (non-hydrogen) atoms. The number of ether oxygens (including phenoxy) is 1. The second-order valence-corrected chi connectivity index (χ2v) is 9.12. The topological polar surface area (TPSA) is 61.9 Å². The monoisotopic (exact) mass is 433 g/mol. The van der Waals surface area contributed by atoms with E-state index in [2.05, 4.69) is 10.2 Å². The highest BCUT2D eigenvalue weighted by Gasteiger charge is 2.42. The maximum Gasteiger partial charge on any atom is 0.256 e. The average Bonchev–Trinajstić information content (AvgIpc) is 3.15. The molecule has 3 aliphatic heterocycles.